The highest BCUT2D eigenvalue weighted by Gasteiger charge is 2.30. The highest BCUT2D eigenvalue weighted by molar-refractivity contribution is 7.91. The standard InChI is InChI=1S/C8H8N2O8S/c11-1-2-19(17,18)5-3-6(9(13)14)8(12)7(4-5)10(15)16/h3-4,11-12H,1-2H2. The molecule has 2 N–H and O–H groups in total. The van der Waals surface area contributed by atoms with Crippen LogP contribution >= 0.6 is 0 Å². The van der Waals surface area contributed by atoms with Gasteiger partial charge in [0.15, 0.2) is 9.84 Å². The van der Waals surface area contributed by atoms with E-state index in [0.717, 1.165) is 0 Å². The van der Waals surface area contributed by atoms with Gasteiger partial charge >= 0.3 is 11.4 Å². The van der Waals surface area contributed by atoms with Gasteiger partial charge in [0.05, 0.1) is 27.1 Å². The largest absolute Gasteiger partial charge is 0.497 e. The molecule has 0 radical (unpaired) electrons. The van der Waals surface area contributed by atoms with E-state index in [1.165, 1.54) is 0 Å². The Balaban J connectivity index is 3.61. The minimum atomic E-state index is -4.11. The second-order valence-electron chi connectivity index (χ2n) is 3.37. The van der Waals surface area contributed by atoms with Crippen LogP contribution in [-0.4, -0.2) is 40.8 Å². The van der Waals surface area contributed by atoms with Gasteiger partial charge in [0.2, 0.25) is 0 Å². The summed E-state index contributed by atoms with van der Waals surface area (Å²) in [6.45, 7) is -0.745. The summed E-state index contributed by atoms with van der Waals surface area (Å²) in [5, 5.41) is 39.1. The number of phenols is 1. The van der Waals surface area contributed by atoms with Crippen molar-refractivity contribution in [3.63, 3.8) is 0 Å². The lowest BCUT2D eigenvalue weighted by atomic mass is 10.2. The van der Waals surface area contributed by atoms with Crippen molar-refractivity contribution in [1.29, 1.82) is 0 Å². The first-order valence-electron chi connectivity index (χ1n) is 4.70. The quantitative estimate of drug-likeness (QED) is 0.564. The number of nitrogens with zero attached hydrogens (tertiary/aromatic N) is 2. The fourth-order valence-electron chi connectivity index (χ4n) is 1.28. The van der Waals surface area contributed by atoms with Gasteiger partial charge in [0.25, 0.3) is 5.75 Å². The van der Waals surface area contributed by atoms with Gasteiger partial charge in [-0.05, 0) is 0 Å². The molecule has 1 aromatic carbocycles. The fourth-order valence-corrected chi connectivity index (χ4v) is 2.33. The lowest BCUT2D eigenvalue weighted by molar-refractivity contribution is -0.396. The van der Waals surface area contributed by atoms with Crippen LogP contribution in [0.3, 0.4) is 0 Å². The number of nitro benzene ring substituents is 2. The van der Waals surface area contributed by atoms with E-state index in [1.54, 1.807) is 0 Å². The van der Waals surface area contributed by atoms with E-state index in [2.05, 4.69) is 0 Å². The Morgan fingerprint density at radius 2 is 1.53 bits per heavy atom. The SMILES string of the molecule is O=[N+]([O-])c1cc(S(=O)(=O)CCO)cc([N+](=O)[O-])c1O. The third kappa shape index (κ3) is 2.95. The summed E-state index contributed by atoms with van der Waals surface area (Å²) in [5.41, 5.74) is -2.18. The van der Waals surface area contributed by atoms with Gasteiger partial charge in [-0.15, -0.1) is 0 Å². The molecule has 0 saturated carbocycles. The van der Waals surface area contributed by atoms with Gasteiger partial charge in [-0.1, -0.05) is 0 Å². The average Bonchev–Trinajstić information content (AvgIpc) is 2.27. The van der Waals surface area contributed by atoms with E-state index < -0.39 is 54.1 Å². The van der Waals surface area contributed by atoms with Crippen LogP contribution < -0.4 is 0 Å². The van der Waals surface area contributed by atoms with Gasteiger partial charge in [-0.25, -0.2) is 8.42 Å². The Bertz CT molecular complexity index is 603. The summed E-state index contributed by atoms with van der Waals surface area (Å²) >= 11 is 0. The number of aliphatic hydroxyl groups is 1. The van der Waals surface area contributed by atoms with E-state index in [9.17, 15) is 33.8 Å². The molecule has 0 fully saturated rings. The van der Waals surface area contributed by atoms with Crippen molar-refractivity contribution in [2.45, 2.75) is 4.90 Å². The molecular formula is C8H8N2O8S. The number of aromatic hydroxyl groups is 1. The summed E-state index contributed by atoms with van der Waals surface area (Å²) in [6, 6.07) is 1.01. The van der Waals surface area contributed by atoms with Crippen molar-refractivity contribution in [3.8, 4) is 5.75 Å². The number of benzene rings is 1. The van der Waals surface area contributed by atoms with Crippen molar-refractivity contribution in [2.24, 2.45) is 0 Å². The minimum absolute atomic E-state index is 0.507. The summed E-state index contributed by atoms with van der Waals surface area (Å²) < 4.78 is 23.2. The van der Waals surface area contributed by atoms with E-state index >= 15 is 0 Å². The third-order valence-electron chi connectivity index (χ3n) is 2.16. The maximum Gasteiger partial charge on any atom is 0.319 e. The molecular weight excluding hydrogens is 284 g/mol. The van der Waals surface area contributed by atoms with Crippen LogP contribution in [0.15, 0.2) is 17.0 Å². The zero-order chi connectivity index (χ0) is 14.8. The molecule has 0 atom stereocenters. The smallest absolute Gasteiger partial charge is 0.319 e. The third-order valence-corrected chi connectivity index (χ3v) is 3.83. The zero-order valence-electron chi connectivity index (χ0n) is 9.22. The molecule has 0 aliphatic carbocycles. The number of rotatable bonds is 5. The number of hydrogen-bond acceptors (Lipinski definition) is 8. The van der Waals surface area contributed by atoms with Crippen LogP contribution in [0.1, 0.15) is 0 Å². The molecule has 0 aliphatic rings. The molecule has 0 unspecified atom stereocenters. The highest BCUT2D eigenvalue weighted by Crippen LogP contribution is 2.38. The molecule has 0 saturated heterocycles. The Morgan fingerprint density at radius 1 is 1.11 bits per heavy atom. The first-order chi connectivity index (χ1) is 8.70. The van der Waals surface area contributed by atoms with Crippen molar-refractivity contribution in [3.05, 3.63) is 32.4 Å². The minimum Gasteiger partial charge on any atom is -0.497 e. The predicted octanol–water partition coefficient (Wildman–Crippen LogP) is -0.0254. The summed E-state index contributed by atoms with van der Waals surface area (Å²) in [4.78, 5) is 18.2. The summed E-state index contributed by atoms with van der Waals surface area (Å²) in [7, 11) is -4.11. The van der Waals surface area contributed by atoms with Crippen LogP contribution in [0.25, 0.3) is 0 Å². The number of nitro groups is 2. The maximum absolute atomic E-state index is 11.6. The van der Waals surface area contributed by atoms with Gasteiger partial charge in [-0.3, -0.25) is 20.2 Å². The zero-order valence-corrected chi connectivity index (χ0v) is 10.0. The average molecular weight is 292 g/mol. The van der Waals surface area contributed by atoms with Crippen molar-refractivity contribution >= 4 is 21.2 Å². The molecule has 19 heavy (non-hydrogen) atoms. The summed E-state index contributed by atoms with van der Waals surface area (Å²) in [6.07, 6.45) is 0. The van der Waals surface area contributed by atoms with Crippen LogP contribution in [0, 0.1) is 20.2 Å². The van der Waals surface area contributed by atoms with E-state index in [0.29, 0.717) is 12.1 Å². The second kappa shape index (κ2) is 5.16. The Labute approximate surface area is 106 Å². The Morgan fingerprint density at radius 3 is 1.84 bits per heavy atom. The second-order valence-corrected chi connectivity index (χ2v) is 5.48. The van der Waals surface area contributed by atoms with Crippen LogP contribution in [0.2, 0.25) is 0 Å². The first-order valence-corrected chi connectivity index (χ1v) is 6.35. The number of phenolic OH excluding ortho intramolecular Hbond substituents is 1. The maximum atomic E-state index is 11.6. The van der Waals surface area contributed by atoms with E-state index in [4.69, 9.17) is 5.11 Å². The highest BCUT2D eigenvalue weighted by atomic mass is 32.2. The van der Waals surface area contributed by atoms with E-state index in [1.807, 2.05) is 0 Å². The van der Waals surface area contributed by atoms with Crippen molar-refractivity contribution in [1.82, 2.24) is 0 Å². The number of hydrogen-bond donors (Lipinski definition) is 2. The Kier molecular flexibility index (Phi) is 4.01. The van der Waals surface area contributed by atoms with Crippen LogP contribution in [0.4, 0.5) is 11.4 Å². The summed E-state index contributed by atoms with van der Waals surface area (Å²) in [5.74, 6) is -1.97. The molecule has 0 heterocycles. The van der Waals surface area contributed by atoms with Gasteiger partial charge in [0.1, 0.15) is 0 Å². The van der Waals surface area contributed by atoms with Crippen molar-refractivity contribution in [2.75, 3.05) is 12.4 Å². The Hall–Kier alpha value is -2.27. The van der Waals surface area contributed by atoms with Crippen LogP contribution in [-0.2, 0) is 9.84 Å². The van der Waals surface area contributed by atoms with E-state index in [-0.39, 0.29) is 0 Å². The fraction of sp³-hybridized carbons (Fsp3) is 0.250. The molecule has 0 amide bonds. The van der Waals surface area contributed by atoms with Gasteiger partial charge < -0.3 is 10.2 Å². The van der Waals surface area contributed by atoms with Gasteiger partial charge in [0, 0.05) is 12.1 Å². The first kappa shape index (κ1) is 14.8. The molecule has 0 bridgehead atoms. The predicted molar refractivity (Wildman–Crippen MR) is 60.6 cm³/mol. The van der Waals surface area contributed by atoms with Crippen molar-refractivity contribution < 1.29 is 28.5 Å². The van der Waals surface area contributed by atoms with Crippen LogP contribution in [0.5, 0.6) is 5.75 Å². The molecule has 11 heteroatoms. The van der Waals surface area contributed by atoms with Gasteiger partial charge in [-0.2, -0.15) is 0 Å². The monoisotopic (exact) mass is 292 g/mol. The molecule has 1 aromatic rings. The molecule has 10 nitrogen and oxygen atoms in total. The lowest BCUT2D eigenvalue weighted by Crippen LogP contribution is -2.11. The topological polar surface area (TPSA) is 161 Å². The number of sulfone groups is 1. The molecule has 0 aliphatic heterocycles. The molecule has 0 spiro atoms. The molecule has 0 aromatic heterocycles. The number of aliphatic hydroxyl groups excluding tert-OH is 1. The molecule has 1 rings (SSSR count). The lowest BCUT2D eigenvalue weighted by Gasteiger charge is -2.04. The molecule has 104 valence electrons. The normalized spacial score (nSPS) is 11.2.